The van der Waals surface area contributed by atoms with Crippen molar-refractivity contribution in [3.63, 3.8) is 0 Å². The van der Waals surface area contributed by atoms with Crippen LogP contribution in [0.3, 0.4) is 0 Å². The van der Waals surface area contributed by atoms with Crippen molar-refractivity contribution in [2.75, 3.05) is 20.0 Å². The molecule has 0 bridgehead atoms. The first kappa shape index (κ1) is 25.0. The van der Waals surface area contributed by atoms with E-state index in [2.05, 4.69) is 0 Å². The first-order valence-corrected chi connectivity index (χ1v) is 12.4. The van der Waals surface area contributed by atoms with Gasteiger partial charge in [0, 0.05) is 17.4 Å². The van der Waals surface area contributed by atoms with Crippen molar-refractivity contribution in [1.29, 1.82) is 0 Å². The molecule has 0 amide bonds. The van der Waals surface area contributed by atoms with Crippen LogP contribution in [0.15, 0.2) is 76.6 Å². The number of nitrogens with zero attached hydrogens (tertiary/aromatic N) is 1. The lowest BCUT2D eigenvalue weighted by molar-refractivity contribution is -0.144. The highest BCUT2D eigenvalue weighted by Crippen LogP contribution is 2.43. The Morgan fingerprint density at radius 1 is 1.03 bits per heavy atom. The molecular formula is C28H22F3NO4S. The van der Waals surface area contributed by atoms with Crippen LogP contribution in [0.2, 0.25) is 0 Å². The van der Waals surface area contributed by atoms with Crippen molar-refractivity contribution in [2.45, 2.75) is 23.7 Å². The Morgan fingerprint density at radius 2 is 1.78 bits per heavy atom. The number of rotatable bonds is 5. The Morgan fingerprint density at radius 3 is 2.51 bits per heavy atom. The molecule has 37 heavy (non-hydrogen) atoms. The summed E-state index contributed by atoms with van der Waals surface area (Å²) in [4.78, 5) is 25.5. The van der Waals surface area contributed by atoms with Gasteiger partial charge in [0.05, 0.1) is 24.8 Å². The van der Waals surface area contributed by atoms with Crippen LogP contribution < -0.4 is 10.3 Å². The lowest BCUT2D eigenvalue weighted by Crippen LogP contribution is -2.30. The summed E-state index contributed by atoms with van der Waals surface area (Å²) in [5.41, 5.74) is 1.14. The fourth-order valence-corrected chi connectivity index (χ4v) is 6.01. The first-order valence-electron chi connectivity index (χ1n) is 11.4. The van der Waals surface area contributed by atoms with E-state index in [1.807, 2.05) is 36.4 Å². The number of esters is 1. The van der Waals surface area contributed by atoms with Crippen LogP contribution in [0.1, 0.15) is 22.7 Å². The van der Waals surface area contributed by atoms with Gasteiger partial charge >= 0.3 is 12.1 Å². The minimum Gasteiger partial charge on any atom is -0.497 e. The van der Waals surface area contributed by atoms with Gasteiger partial charge in [0.25, 0.3) is 5.56 Å². The summed E-state index contributed by atoms with van der Waals surface area (Å²) in [5, 5.41) is 2.41. The Bertz CT molecular complexity index is 1580. The quantitative estimate of drug-likeness (QED) is 0.295. The number of carbonyl (C=O) groups is 1. The summed E-state index contributed by atoms with van der Waals surface area (Å²) in [6.07, 6.45) is -4.20. The molecule has 0 fully saturated rings. The Labute approximate surface area is 214 Å². The molecule has 0 aliphatic carbocycles. The monoisotopic (exact) mass is 525 g/mol. The Balaban J connectivity index is 1.67. The van der Waals surface area contributed by atoms with Crippen molar-refractivity contribution in [1.82, 2.24) is 4.57 Å². The molecule has 3 aromatic carbocycles. The van der Waals surface area contributed by atoms with Gasteiger partial charge in [0.15, 0.2) is 0 Å². The first-order chi connectivity index (χ1) is 17.7. The number of pyridine rings is 1. The number of benzene rings is 3. The third-order valence-corrected chi connectivity index (χ3v) is 7.59. The van der Waals surface area contributed by atoms with E-state index in [0.717, 1.165) is 34.2 Å². The average molecular weight is 526 g/mol. The molecule has 1 aromatic heterocycles. The van der Waals surface area contributed by atoms with E-state index < -0.39 is 29.3 Å². The van der Waals surface area contributed by atoms with Crippen LogP contribution in [0, 0.1) is 0 Å². The fraction of sp³-hybridized carbons (Fsp3) is 0.214. The lowest BCUT2D eigenvalue weighted by atomic mass is 9.94. The third-order valence-electron chi connectivity index (χ3n) is 6.44. The maximum Gasteiger partial charge on any atom is 0.416 e. The minimum atomic E-state index is -4.52. The lowest BCUT2D eigenvalue weighted by Gasteiger charge is -2.18. The van der Waals surface area contributed by atoms with E-state index in [1.54, 1.807) is 13.2 Å². The zero-order chi connectivity index (χ0) is 26.3. The molecule has 0 saturated heterocycles. The maximum atomic E-state index is 13.6. The molecule has 1 aliphatic heterocycles. The predicted molar refractivity (Wildman–Crippen MR) is 136 cm³/mol. The molecule has 0 spiro atoms. The van der Waals surface area contributed by atoms with Crippen molar-refractivity contribution < 1.29 is 27.4 Å². The molecule has 9 heteroatoms. The number of methoxy groups -OCH3 is 2. The van der Waals surface area contributed by atoms with E-state index in [1.165, 1.54) is 35.6 Å². The van der Waals surface area contributed by atoms with E-state index in [9.17, 15) is 22.8 Å². The zero-order valence-electron chi connectivity index (χ0n) is 20.0. The number of halogens is 3. The van der Waals surface area contributed by atoms with Crippen LogP contribution >= 0.6 is 11.8 Å². The summed E-state index contributed by atoms with van der Waals surface area (Å²) in [5.74, 6) is 0.423. The Hall–Kier alpha value is -3.72. The van der Waals surface area contributed by atoms with Crippen molar-refractivity contribution >= 4 is 28.5 Å². The summed E-state index contributed by atoms with van der Waals surface area (Å²) in [6, 6.07) is 17.2. The topological polar surface area (TPSA) is 57.5 Å². The van der Waals surface area contributed by atoms with Gasteiger partial charge < -0.3 is 9.47 Å². The molecule has 4 aromatic rings. The van der Waals surface area contributed by atoms with Gasteiger partial charge in [0.2, 0.25) is 0 Å². The highest BCUT2D eigenvalue weighted by Gasteiger charge is 2.35. The predicted octanol–water partition coefficient (Wildman–Crippen LogP) is 6.11. The smallest absolute Gasteiger partial charge is 0.416 e. The average Bonchev–Trinajstić information content (AvgIpc) is 3.33. The van der Waals surface area contributed by atoms with Crippen LogP contribution in [-0.2, 0) is 22.1 Å². The van der Waals surface area contributed by atoms with Crippen molar-refractivity contribution in [2.24, 2.45) is 0 Å². The summed E-state index contributed by atoms with van der Waals surface area (Å²) in [7, 11) is 2.84. The van der Waals surface area contributed by atoms with Gasteiger partial charge in [-0.25, -0.2) is 4.79 Å². The van der Waals surface area contributed by atoms with Gasteiger partial charge in [-0.3, -0.25) is 9.36 Å². The minimum absolute atomic E-state index is 0.259. The normalized spacial score (nSPS) is 15.0. The number of thioether (sulfide) groups is 1. The van der Waals surface area contributed by atoms with Crippen LogP contribution in [0.5, 0.6) is 5.75 Å². The molecule has 190 valence electrons. The number of aromatic nitrogens is 1. The molecule has 5 nitrogen and oxygen atoms in total. The van der Waals surface area contributed by atoms with Crippen LogP contribution in [0.4, 0.5) is 13.2 Å². The van der Waals surface area contributed by atoms with Gasteiger partial charge in [-0.2, -0.15) is 13.2 Å². The third kappa shape index (κ3) is 4.71. The molecule has 0 unspecified atom stereocenters. The van der Waals surface area contributed by atoms with Gasteiger partial charge in [0.1, 0.15) is 11.8 Å². The van der Waals surface area contributed by atoms with Gasteiger partial charge in [-0.15, -0.1) is 11.8 Å². The van der Waals surface area contributed by atoms with Gasteiger partial charge in [-0.05, 0) is 58.1 Å². The van der Waals surface area contributed by atoms with E-state index in [-0.39, 0.29) is 5.75 Å². The number of ether oxygens (including phenoxy) is 2. The standard InChI is InChI=1S/C28H22F3NO4S/c1-35-22-9-8-17-10-16(6-7-18(17)13-22)11-20-14-24(33)32-23(27(34)36-2)15-37-26(32)25(20)19-4-3-5-21(12-19)28(29,30)31/h3-10,12-14,23H,11,15H2,1-2H3/t23-/m0/s1. The van der Waals surface area contributed by atoms with Crippen molar-refractivity contribution in [3.8, 4) is 16.9 Å². The number of hydrogen-bond acceptors (Lipinski definition) is 5. The van der Waals surface area contributed by atoms with Crippen LogP contribution in [0.25, 0.3) is 21.9 Å². The Kier molecular flexibility index (Phi) is 6.49. The highest BCUT2D eigenvalue weighted by molar-refractivity contribution is 7.99. The second-order valence-electron chi connectivity index (χ2n) is 8.71. The second-order valence-corrected chi connectivity index (χ2v) is 9.72. The summed E-state index contributed by atoms with van der Waals surface area (Å²) in [6.45, 7) is 0. The van der Waals surface area contributed by atoms with E-state index >= 15 is 0 Å². The molecule has 0 saturated carbocycles. The van der Waals surface area contributed by atoms with Gasteiger partial charge in [-0.1, -0.05) is 36.4 Å². The zero-order valence-corrected chi connectivity index (χ0v) is 20.8. The second kappa shape index (κ2) is 9.63. The molecule has 5 rings (SSSR count). The maximum absolute atomic E-state index is 13.6. The van der Waals surface area contributed by atoms with E-state index in [0.29, 0.717) is 28.1 Å². The summed E-state index contributed by atoms with van der Waals surface area (Å²) < 4.78 is 52.2. The highest BCUT2D eigenvalue weighted by atomic mass is 32.2. The fourth-order valence-electron chi connectivity index (χ4n) is 4.66. The molecule has 1 atom stereocenters. The molecular weight excluding hydrogens is 503 g/mol. The number of carbonyl (C=O) groups excluding carboxylic acids is 1. The van der Waals surface area contributed by atoms with Crippen molar-refractivity contribution in [3.05, 3.63) is 93.8 Å². The molecule has 0 N–H and O–H groups in total. The SMILES string of the molecule is COC(=O)[C@@H]1CSc2c(-c3cccc(C(F)(F)F)c3)c(Cc3ccc4cc(OC)ccc4c3)cc(=O)n21. The van der Waals surface area contributed by atoms with Crippen LogP contribution in [-0.4, -0.2) is 30.5 Å². The molecule has 1 aliphatic rings. The molecule has 2 heterocycles. The largest absolute Gasteiger partial charge is 0.497 e. The van der Waals surface area contributed by atoms with E-state index in [4.69, 9.17) is 9.47 Å². The summed E-state index contributed by atoms with van der Waals surface area (Å²) >= 11 is 1.27. The molecule has 0 radical (unpaired) electrons. The number of alkyl halides is 3. The number of fused-ring (bicyclic) bond motifs is 2. The number of hydrogen-bond donors (Lipinski definition) is 0.